The third kappa shape index (κ3) is 3.23. The summed E-state index contributed by atoms with van der Waals surface area (Å²) in [5.74, 6) is 1.61. The molecular formula is C14H17BrClNO2. The van der Waals surface area contributed by atoms with E-state index in [-0.39, 0.29) is 12.5 Å². The Bertz CT molecular complexity index is 479. The van der Waals surface area contributed by atoms with Crippen LogP contribution in [0.25, 0.3) is 0 Å². The largest absolute Gasteiger partial charge is 0.482 e. The van der Waals surface area contributed by atoms with Gasteiger partial charge >= 0.3 is 0 Å². The van der Waals surface area contributed by atoms with Crippen LogP contribution in [0, 0.1) is 11.8 Å². The van der Waals surface area contributed by atoms with Gasteiger partial charge in [-0.1, -0.05) is 41.4 Å². The summed E-state index contributed by atoms with van der Waals surface area (Å²) < 4.78 is 5.44. The summed E-state index contributed by atoms with van der Waals surface area (Å²) in [4.78, 5) is 13.9. The van der Waals surface area contributed by atoms with E-state index in [9.17, 15) is 4.79 Å². The number of benzene rings is 1. The minimum Gasteiger partial charge on any atom is -0.482 e. The predicted molar refractivity (Wildman–Crippen MR) is 81.4 cm³/mol. The van der Waals surface area contributed by atoms with E-state index in [0.29, 0.717) is 23.4 Å². The van der Waals surface area contributed by atoms with Gasteiger partial charge < -0.3 is 9.64 Å². The fourth-order valence-electron chi connectivity index (χ4n) is 2.05. The van der Waals surface area contributed by atoms with Crippen LogP contribution in [0.2, 0.25) is 5.02 Å². The fourth-order valence-corrected chi connectivity index (χ4v) is 3.17. The smallest absolute Gasteiger partial charge is 0.265 e. The Kier molecular flexibility index (Phi) is 4.74. The van der Waals surface area contributed by atoms with Gasteiger partial charge in [0.1, 0.15) is 5.75 Å². The molecule has 2 rings (SSSR count). The first-order chi connectivity index (χ1) is 9.02. The lowest BCUT2D eigenvalue weighted by Gasteiger charge is -2.33. The zero-order valence-electron chi connectivity index (χ0n) is 11.0. The fraction of sp³-hybridized carbons (Fsp3) is 0.500. The summed E-state index contributed by atoms with van der Waals surface area (Å²) in [6.45, 7) is 5.10. The van der Waals surface area contributed by atoms with Gasteiger partial charge in [-0.3, -0.25) is 4.79 Å². The van der Waals surface area contributed by atoms with E-state index in [4.69, 9.17) is 16.3 Å². The van der Waals surface area contributed by atoms with Crippen LogP contribution in [0.15, 0.2) is 18.2 Å². The van der Waals surface area contributed by atoms with Crippen molar-refractivity contribution < 1.29 is 9.53 Å². The summed E-state index contributed by atoms with van der Waals surface area (Å²) in [5, 5.41) is 1.48. The molecule has 0 bridgehead atoms. The summed E-state index contributed by atoms with van der Waals surface area (Å²) in [5.41, 5.74) is 0.773. The van der Waals surface area contributed by atoms with Crippen molar-refractivity contribution in [3.8, 4) is 5.75 Å². The van der Waals surface area contributed by atoms with Gasteiger partial charge in [-0.15, -0.1) is 0 Å². The number of carbonyl (C=O) groups excluding carboxylic acids is 1. The van der Waals surface area contributed by atoms with Crippen molar-refractivity contribution in [2.24, 2.45) is 11.8 Å². The van der Waals surface area contributed by atoms with E-state index in [1.165, 1.54) is 0 Å². The van der Waals surface area contributed by atoms with Gasteiger partial charge in [0, 0.05) is 16.9 Å². The Morgan fingerprint density at radius 2 is 2.21 bits per heavy atom. The van der Waals surface area contributed by atoms with E-state index in [2.05, 4.69) is 29.8 Å². The van der Waals surface area contributed by atoms with Crippen molar-refractivity contribution in [1.29, 1.82) is 0 Å². The van der Waals surface area contributed by atoms with Crippen molar-refractivity contribution >= 4 is 39.1 Å². The lowest BCUT2D eigenvalue weighted by atomic mass is 9.97. The molecule has 0 aromatic heterocycles. The highest BCUT2D eigenvalue weighted by atomic mass is 79.9. The first kappa shape index (κ1) is 14.7. The predicted octanol–water partition coefficient (Wildman–Crippen LogP) is 3.73. The maximum Gasteiger partial charge on any atom is 0.265 e. The van der Waals surface area contributed by atoms with E-state index in [1.807, 2.05) is 6.07 Å². The normalized spacial score (nSPS) is 16.3. The molecule has 1 heterocycles. The summed E-state index contributed by atoms with van der Waals surface area (Å²) in [6.07, 6.45) is 0. The van der Waals surface area contributed by atoms with Crippen LogP contribution in [0.3, 0.4) is 0 Å². The molecule has 19 heavy (non-hydrogen) atoms. The highest BCUT2D eigenvalue weighted by Gasteiger charge is 2.28. The Balaban J connectivity index is 2.29. The molecule has 0 spiro atoms. The minimum absolute atomic E-state index is 0.0126. The molecule has 0 saturated heterocycles. The molecule has 1 aliphatic rings. The van der Waals surface area contributed by atoms with E-state index in [1.54, 1.807) is 17.0 Å². The summed E-state index contributed by atoms with van der Waals surface area (Å²) >= 11 is 9.54. The Morgan fingerprint density at radius 3 is 2.84 bits per heavy atom. The zero-order valence-corrected chi connectivity index (χ0v) is 13.4. The quantitative estimate of drug-likeness (QED) is 0.777. The highest BCUT2D eigenvalue weighted by molar-refractivity contribution is 9.09. The van der Waals surface area contributed by atoms with Crippen LogP contribution in [0.4, 0.5) is 5.69 Å². The molecule has 104 valence electrons. The topological polar surface area (TPSA) is 29.5 Å². The first-order valence-corrected chi connectivity index (χ1v) is 7.81. The van der Waals surface area contributed by atoms with Gasteiger partial charge in [-0.05, 0) is 30.0 Å². The van der Waals surface area contributed by atoms with Gasteiger partial charge in [0.25, 0.3) is 5.91 Å². The number of alkyl halides is 1. The average Bonchev–Trinajstić information content (AvgIpc) is 2.37. The standard InChI is InChI=1S/C14H17BrClNO2/c1-9(2)10(6-15)7-17-12-5-11(16)3-4-13(12)19-8-14(17)18/h3-5,9-10H,6-8H2,1-2H3. The number of halogens is 2. The van der Waals surface area contributed by atoms with Crippen molar-refractivity contribution in [2.45, 2.75) is 13.8 Å². The number of anilines is 1. The molecule has 1 amide bonds. The number of carbonyl (C=O) groups is 1. The molecule has 1 unspecified atom stereocenters. The zero-order chi connectivity index (χ0) is 14.0. The lowest BCUT2D eigenvalue weighted by Crippen LogP contribution is -2.43. The van der Waals surface area contributed by atoms with Gasteiger partial charge in [-0.25, -0.2) is 0 Å². The third-order valence-corrected chi connectivity index (χ3v) is 4.49. The van der Waals surface area contributed by atoms with Crippen molar-refractivity contribution in [3.63, 3.8) is 0 Å². The Labute approximate surface area is 127 Å². The second-order valence-corrected chi connectivity index (χ2v) is 6.15. The molecule has 5 heteroatoms. The van der Waals surface area contributed by atoms with Crippen LogP contribution < -0.4 is 9.64 Å². The Hall–Kier alpha value is -0.740. The van der Waals surface area contributed by atoms with Gasteiger partial charge in [0.2, 0.25) is 0 Å². The molecule has 0 fully saturated rings. The van der Waals surface area contributed by atoms with E-state index < -0.39 is 0 Å². The lowest BCUT2D eigenvalue weighted by molar-refractivity contribution is -0.121. The monoisotopic (exact) mass is 345 g/mol. The molecule has 3 nitrogen and oxygen atoms in total. The molecule has 1 aliphatic heterocycles. The molecule has 1 atom stereocenters. The number of fused-ring (bicyclic) bond motifs is 1. The second-order valence-electron chi connectivity index (χ2n) is 5.06. The van der Waals surface area contributed by atoms with Gasteiger partial charge in [0.15, 0.2) is 6.61 Å². The molecule has 1 aromatic carbocycles. The summed E-state index contributed by atoms with van der Waals surface area (Å²) in [7, 11) is 0. The van der Waals surface area contributed by atoms with Crippen molar-refractivity contribution in [1.82, 2.24) is 0 Å². The molecule has 0 aliphatic carbocycles. The molecule has 0 saturated carbocycles. The molecule has 1 aromatic rings. The number of hydrogen-bond acceptors (Lipinski definition) is 2. The molecule has 0 radical (unpaired) electrons. The number of ether oxygens (including phenoxy) is 1. The number of nitrogens with zero attached hydrogens (tertiary/aromatic N) is 1. The second kappa shape index (κ2) is 6.14. The van der Waals surface area contributed by atoms with E-state index >= 15 is 0 Å². The maximum atomic E-state index is 12.1. The first-order valence-electron chi connectivity index (χ1n) is 6.31. The van der Waals surface area contributed by atoms with Crippen LogP contribution >= 0.6 is 27.5 Å². The third-order valence-electron chi connectivity index (χ3n) is 3.42. The van der Waals surface area contributed by atoms with Crippen LogP contribution in [-0.4, -0.2) is 24.4 Å². The van der Waals surface area contributed by atoms with Gasteiger partial charge in [-0.2, -0.15) is 0 Å². The van der Waals surface area contributed by atoms with E-state index in [0.717, 1.165) is 16.8 Å². The number of rotatable bonds is 4. The highest BCUT2D eigenvalue weighted by Crippen LogP contribution is 2.35. The average molecular weight is 347 g/mol. The molecular weight excluding hydrogens is 330 g/mol. The van der Waals surface area contributed by atoms with Gasteiger partial charge in [0.05, 0.1) is 5.69 Å². The molecule has 0 N–H and O–H groups in total. The van der Waals surface area contributed by atoms with Crippen LogP contribution in [-0.2, 0) is 4.79 Å². The minimum atomic E-state index is -0.0126. The van der Waals surface area contributed by atoms with Crippen LogP contribution in [0.1, 0.15) is 13.8 Å². The summed E-state index contributed by atoms with van der Waals surface area (Å²) in [6, 6.07) is 5.38. The van der Waals surface area contributed by atoms with Crippen LogP contribution in [0.5, 0.6) is 5.75 Å². The van der Waals surface area contributed by atoms with Crippen molar-refractivity contribution in [3.05, 3.63) is 23.2 Å². The number of hydrogen-bond donors (Lipinski definition) is 0. The number of amides is 1. The van der Waals surface area contributed by atoms with Crippen molar-refractivity contribution in [2.75, 3.05) is 23.4 Å². The SMILES string of the molecule is CC(C)C(CBr)CN1C(=O)COc2ccc(Cl)cc21. The maximum absolute atomic E-state index is 12.1. The Morgan fingerprint density at radius 1 is 1.47 bits per heavy atom.